The van der Waals surface area contributed by atoms with Gasteiger partial charge in [-0.15, -0.1) is 0 Å². The fourth-order valence-corrected chi connectivity index (χ4v) is 5.42. The average Bonchev–Trinajstić information content (AvgIpc) is 3.33. The van der Waals surface area contributed by atoms with Gasteiger partial charge in [0.2, 0.25) is 0 Å². The van der Waals surface area contributed by atoms with E-state index in [1.54, 1.807) is 19.1 Å². The van der Waals surface area contributed by atoms with Crippen molar-refractivity contribution in [2.24, 2.45) is 5.92 Å². The van der Waals surface area contributed by atoms with Gasteiger partial charge < -0.3 is 14.2 Å². The van der Waals surface area contributed by atoms with Crippen LogP contribution in [0.2, 0.25) is 5.02 Å². The van der Waals surface area contributed by atoms with Crippen LogP contribution in [-0.2, 0) is 6.54 Å². The molecule has 1 aliphatic carbocycles. The molecule has 0 unspecified atom stereocenters. The lowest BCUT2D eigenvalue weighted by molar-refractivity contribution is 0.0697. The smallest absolute Gasteiger partial charge is 0.337 e. The first-order chi connectivity index (χ1) is 16.6. The van der Waals surface area contributed by atoms with E-state index < -0.39 is 11.6 Å². The second-order valence-electron chi connectivity index (χ2n) is 9.84. The van der Waals surface area contributed by atoms with Gasteiger partial charge in [0, 0.05) is 35.6 Å². The number of aromatic nitrogens is 3. The molecule has 35 heavy (non-hydrogen) atoms. The van der Waals surface area contributed by atoms with Gasteiger partial charge >= 0.3 is 5.97 Å². The van der Waals surface area contributed by atoms with Gasteiger partial charge in [-0.1, -0.05) is 22.8 Å². The van der Waals surface area contributed by atoms with Crippen molar-refractivity contribution in [3.63, 3.8) is 0 Å². The molecule has 1 N–H and O–H groups in total. The molecule has 1 saturated carbocycles. The van der Waals surface area contributed by atoms with Gasteiger partial charge in [-0.05, 0) is 76.1 Å². The lowest BCUT2D eigenvalue weighted by atomic mass is 9.81. The van der Waals surface area contributed by atoms with E-state index in [9.17, 15) is 14.3 Å². The zero-order valence-corrected chi connectivity index (χ0v) is 20.7. The number of aromatic carboxylic acids is 1. The summed E-state index contributed by atoms with van der Waals surface area (Å²) in [4.78, 5) is 16.2. The Morgan fingerprint density at radius 1 is 1.26 bits per heavy atom. The van der Waals surface area contributed by atoms with E-state index in [1.807, 2.05) is 26.2 Å². The van der Waals surface area contributed by atoms with E-state index in [-0.39, 0.29) is 10.6 Å². The highest BCUT2D eigenvalue weighted by Gasteiger charge is 2.31. The fourth-order valence-electron chi connectivity index (χ4n) is 5.16. The van der Waals surface area contributed by atoms with Gasteiger partial charge in [-0.2, -0.15) is 0 Å². The number of carboxylic acids is 1. The Bertz CT molecular complexity index is 1410. The maximum Gasteiger partial charge on any atom is 0.337 e. The van der Waals surface area contributed by atoms with Crippen LogP contribution in [-0.4, -0.2) is 31.5 Å². The van der Waals surface area contributed by atoms with Crippen molar-refractivity contribution in [3.8, 4) is 22.3 Å². The maximum atomic E-state index is 14.4. The summed E-state index contributed by atoms with van der Waals surface area (Å²) >= 11 is 6.28. The third-order valence-corrected chi connectivity index (χ3v) is 7.46. The minimum absolute atomic E-state index is 0.0595. The largest absolute Gasteiger partial charge is 0.478 e. The van der Waals surface area contributed by atoms with Crippen molar-refractivity contribution in [1.29, 1.82) is 0 Å². The van der Waals surface area contributed by atoms with Crippen LogP contribution in [0.1, 0.15) is 54.4 Å². The molecule has 0 amide bonds. The lowest BCUT2D eigenvalue weighted by Crippen LogP contribution is -2.27. The van der Waals surface area contributed by atoms with E-state index in [4.69, 9.17) is 21.1 Å². The monoisotopic (exact) mass is 495 g/mol. The van der Waals surface area contributed by atoms with Crippen molar-refractivity contribution in [1.82, 2.24) is 14.7 Å². The summed E-state index contributed by atoms with van der Waals surface area (Å²) < 4.78 is 21.9. The molecular weight excluding hydrogens is 469 g/mol. The van der Waals surface area contributed by atoms with E-state index in [0.29, 0.717) is 18.8 Å². The number of alkyl halides is 1. The van der Waals surface area contributed by atoms with Crippen LogP contribution in [0.3, 0.4) is 0 Å². The third kappa shape index (κ3) is 4.45. The number of carbonyl (C=O) groups is 1. The number of rotatable bonds is 5. The van der Waals surface area contributed by atoms with Crippen LogP contribution in [0.4, 0.5) is 4.39 Å². The molecule has 0 aliphatic heterocycles. The number of aryl methyl sites for hydroxylation is 2. The quantitative estimate of drug-likeness (QED) is 0.315. The number of hydrogen-bond donors (Lipinski definition) is 1. The van der Waals surface area contributed by atoms with Gasteiger partial charge in [0.25, 0.3) is 0 Å². The van der Waals surface area contributed by atoms with Crippen LogP contribution in [0.25, 0.3) is 33.3 Å². The number of pyridine rings is 1. The first-order valence-electron chi connectivity index (χ1n) is 11.8. The topological polar surface area (TPSA) is 81.2 Å². The van der Waals surface area contributed by atoms with Crippen molar-refractivity contribution >= 4 is 28.6 Å². The molecule has 5 rings (SSSR count). The number of halogens is 2. The molecule has 182 valence electrons. The van der Waals surface area contributed by atoms with Gasteiger partial charge in [0.05, 0.1) is 27.3 Å². The highest BCUT2D eigenvalue weighted by atomic mass is 35.5. The summed E-state index contributed by atoms with van der Waals surface area (Å²) in [5.74, 6) is 0.0267. The van der Waals surface area contributed by atoms with Crippen molar-refractivity contribution < 1.29 is 18.8 Å². The molecule has 0 spiro atoms. The Labute approximate surface area is 207 Å². The highest BCUT2D eigenvalue weighted by Crippen LogP contribution is 2.39. The molecule has 1 aromatic carbocycles. The molecule has 0 radical (unpaired) electrons. The van der Waals surface area contributed by atoms with Crippen molar-refractivity contribution in [2.75, 3.05) is 0 Å². The predicted octanol–water partition coefficient (Wildman–Crippen LogP) is 7.25. The number of benzene rings is 1. The van der Waals surface area contributed by atoms with E-state index in [0.717, 1.165) is 64.1 Å². The Hall–Kier alpha value is -3.19. The summed E-state index contributed by atoms with van der Waals surface area (Å²) in [6, 6.07) is 7.04. The van der Waals surface area contributed by atoms with Gasteiger partial charge in [0.15, 0.2) is 0 Å². The highest BCUT2D eigenvalue weighted by molar-refractivity contribution is 6.33. The Balaban J connectivity index is 1.61. The molecule has 4 aromatic rings. The SMILES string of the molecule is Cc1noc(C)c1-c1cnc2c(-c3ccc(C(=O)O)c(Cl)c3)cn(CC3CCC(C)(F)CC3)c2c1. The fraction of sp³-hybridized carbons (Fsp3) is 0.370. The molecule has 0 saturated heterocycles. The molecule has 1 aliphatic rings. The first-order valence-corrected chi connectivity index (χ1v) is 12.1. The Morgan fingerprint density at radius 2 is 2.00 bits per heavy atom. The summed E-state index contributed by atoms with van der Waals surface area (Å²) in [6.07, 6.45) is 6.66. The number of nitrogens with zero attached hydrogens (tertiary/aromatic N) is 3. The normalized spacial score (nSPS) is 20.4. The summed E-state index contributed by atoms with van der Waals surface area (Å²) in [5.41, 5.74) is 5.03. The molecule has 6 nitrogen and oxygen atoms in total. The molecule has 0 atom stereocenters. The summed E-state index contributed by atoms with van der Waals surface area (Å²) in [5, 5.41) is 13.6. The summed E-state index contributed by atoms with van der Waals surface area (Å²) in [7, 11) is 0. The third-order valence-electron chi connectivity index (χ3n) is 7.15. The zero-order valence-electron chi connectivity index (χ0n) is 19.9. The van der Waals surface area contributed by atoms with Crippen LogP contribution in [0.5, 0.6) is 0 Å². The number of fused-ring (bicyclic) bond motifs is 1. The second kappa shape index (κ2) is 8.79. The van der Waals surface area contributed by atoms with Crippen LogP contribution in [0, 0.1) is 19.8 Å². The lowest BCUT2D eigenvalue weighted by Gasteiger charge is -2.31. The van der Waals surface area contributed by atoms with Crippen LogP contribution in [0.15, 0.2) is 41.2 Å². The van der Waals surface area contributed by atoms with E-state index in [2.05, 4.69) is 15.8 Å². The molecule has 8 heteroatoms. The first kappa shape index (κ1) is 23.5. The Morgan fingerprint density at radius 3 is 2.63 bits per heavy atom. The minimum atomic E-state index is -1.08. The Kier molecular flexibility index (Phi) is 5.91. The van der Waals surface area contributed by atoms with Gasteiger partial charge in [0.1, 0.15) is 11.4 Å². The molecular formula is C27H27ClFN3O3. The second-order valence-corrected chi connectivity index (χ2v) is 10.2. The molecule has 1 fully saturated rings. The number of carboxylic acid groups (broad SMARTS) is 1. The van der Waals surface area contributed by atoms with Crippen LogP contribution < -0.4 is 0 Å². The molecule has 3 heterocycles. The molecule has 3 aromatic heterocycles. The molecule has 0 bridgehead atoms. The maximum absolute atomic E-state index is 14.4. The van der Waals surface area contributed by atoms with Crippen LogP contribution >= 0.6 is 11.6 Å². The van der Waals surface area contributed by atoms with Crippen molar-refractivity contribution in [2.45, 2.75) is 58.7 Å². The van der Waals surface area contributed by atoms with Crippen molar-refractivity contribution in [3.05, 3.63) is 58.7 Å². The summed E-state index contributed by atoms with van der Waals surface area (Å²) in [6.45, 7) is 6.23. The number of hydrogen-bond acceptors (Lipinski definition) is 4. The zero-order chi connectivity index (χ0) is 24.9. The van der Waals surface area contributed by atoms with Gasteiger partial charge in [-0.3, -0.25) is 4.98 Å². The van der Waals surface area contributed by atoms with E-state index >= 15 is 0 Å². The minimum Gasteiger partial charge on any atom is -0.478 e. The predicted molar refractivity (Wildman–Crippen MR) is 134 cm³/mol. The van der Waals surface area contributed by atoms with Gasteiger partial charge in [-0.25, -0.2) is 9.18 Å². The average molecular weight is 496 g/mol. The van der Waals surface area contributed by atoms with E-state index in [1.165, 1.54) is 6.07 Å². The standard InChI is InChI=1S/C27H27ClFN3O3/c1-15-24(16(2)35-31-15)19-11-23-25(30-12-19)21(18-4-5-20(26(33)34)22(28)10-18)14-32(23)13-17-6-8-27(3,29)9-7-17/h4-5,10-12,14,17H,6-9,13H2,1-3H3,(H,33,34).